The van der Waals surface area contributed by atoms with Crippen molar-refractivity contribution in [1.29, 1.82) is 0 Å². The van der Waals surface area contributed by atoms with Crippen molar-refractivity contribution in [1.82, 2.24) is 4.90 Å². The van der Waals surface area contributed by atoms with Crippen molar-refractivity contribution >= 4 is 0 Å². The quantitative estimate of drug-likeness (QED) is 0.808. The van der Waals surface area contributed by atoms with Crippen LogP contribution >= 0.6 is 0 Å². The zero-order valence-electron chi connectivity index (χ0n) is 12.4. The van der Waals surface area contributed by atoms with E-state index in [9.17, 15) is 0 Å². The molecule has 1 aliphatic carbocycles. The van der Waals surface area contributed by atoms with E-state index < -0.39 is 0 Å². The molecule has 2 heteroatoms. The normalized spacial score (nSPS) is 24.5. The predicted molar refractivity (Wildman–Crippen MR) is 78.9 cm³/mol. The third-order valence-electron chi connectivity index (χ3n) is 5.00. The number of fused-ring (bicyclic) bond motifs is 1. The lowest BCUT2D eigenvalue weighted by Crippen LogP contribution is -2.41. The lowest BCUT2D eigenvalue weighted by atomic mass is 9.97. The molecule has 0 spiro atoms. The number of hydrogen-bond acceptors (Lipinski definition) is 2. The van der Waals surface area contributed by atoms with Crippen LogP contribution in [0.15, 0.2) is 12.1 Å². The number of hydrogen-bond donors (Lipinski definition) is 0. The molecule has 1 unspecified atom stereocenters. The Kier molecular flexibility index (Phi) is 3.53. The predicted octanol–water partition coefficient (Wildman–Crippen LogP) is 3.20. The van der Waals surface area contributed by atoms with Gasteiger partial charge in [0.25, 0.3) is 0 Å². The zero-order valence-corrected chi connectivity index (χ0v) is 12.4. The lowest BCUT2D eigenvalue weighted by molar-refractivity contribution is 0.142. The van der Waals surface area contributed by atoms with Gasteiger partial charge >= 0.3 is 0 Å². The number of aryl methyl sites for hydroxylation is 1. The molecule has 0 N–H and O–H groups in total. The molecule has 3 rings (SSSR count). The Morgan fingerprint density at radius 2 is 1.89 bits per heavy atom. The van der Waals surface area contributed by atoms with Crippen LogP contribution in [0.4, 0.5) is 0 Å². The van der Waals surface area contributed by atoms with E-state index >= 15 is 0 Å². The SMILES string of the molecule is COc1cc(C)c2c(c1)CC(N1CCC(C)CC1)C2. The fourth-order valence-electron chi connectivity index (χ4n) is 3.66. The van der Waals surface area contributed by atoms with Crippen LogP contribution in [0.3, 0.4) is 0 Å². The highest BCUT2D eigenvalue weighted by Gasteiger charge is 2.30. The summed E-state index contributed by atoms with van der Waals surface area (Å²) in [5, 5.41) is 0. The molecule has 2 nitrogen and oxygen atoms in total. The number of ether oxygens (including phenoxy) is 1. The maximum Gasteiger partial charge on any atom is 0.119 e. The summed E-state index contributed by atoms with van der Waals surface area (Å²) >= 11 is 0. The second kappa shape index (κ2) is 5.16. The number of benzene rings is 1. The summed E-state index contributed by atoms with van der Waals surface area (Å²) in [6, 6.07) is 5.15. The van der Waals surface area contributed by atoms with Crippen molar-refractivity contribution in [2.45, 2.75) is 45.6 Å². The van der Waals surface area contributed by atoms with E-state index in [0.717, 1.165) is 17.7 Å². The molecule has 1 aromatic rings. The molecule has 1 saturated heterocycles. The molecule has 1 aliphatic heterocycles. The number of piperidine rings is 1. The smallest absolute Gasteiger partial charge is 0.119 e. The van der Waals surface area contributed by atoms with Crippen LogP contribution in [0, 0.1) is 12.8 Å². The van der Waals surface area contributed by atoms with Crippen LogP contribution in [0.2, 0.25) is 0 Å². The van der Waals surface area contributed by atoms with Gasteiger partial charge in [-0.25, -0.2) is 0 Å². The fourth-order valence-corrected chi connectivity index (χ4v) is 3.66. The summed E-state index contributed by atoms with van der Waals surface area (Å²) in [6.45, 7) is 7.18. The zero-order chi connectivity index (χ0) is 13.4. The van der Waals surface area contributed by atoms with Crippen molar-refractivity contribution in [2.75, 3.05) is 20.2 Å². The summed E-state index contributed by atoms with van der Waals surface area (Å²) in [5.74, 6) is 1.94. The monoisotopic (exact) mass is 259 g/mol. The first-order valence-corrected chi connectivity index (χ1v) is 7.58. The maximum atomic E-state index is 5.40. The van der Waals surface area contributed by atoms with E-state index in [4.69, 9.17) is 4.74 Å². The molecule has 0 saturated carbocycles. The van der Waals surface area contributed by atoms with Crippen LogP contribution in [0.25, 0.3) is 0 Å². The van der Waals surface area contributed by atoms with Gasteiger partial charge in [0.15, 0.2) is 0 Å². The Morgan fingerprint density at radius 1 is 1.16 bits per heavy atom. The van der Waals surface area contributed by atoms with E-state index in [2.05, 4.69) is 30.9 Å². The largest absolute Gasteiger partial charge is 0.497 e. The summed E-state index contributed by atoms with van der Waals surface area (Å²) in [6.07, 6.45) is 5.19. The van der Waals surface area contributed by atoms with E-state index in [1.165, 1.54) is 49.9 Å². The van der Waals surface area contributed by atoms with Crippen molar-refractivity contribution < 1.29 is 4.74 Å². The van der Waals surface area contributed by atoms with Gasteiger partial charge in [0.05, 0.1) is 7.11 Å². The van der Waals surface area contributed by atoms with E-state index in [1.54, 1.807) is 12.7 Å². The van der Waals surface area contributed by atoms with E-state index in [1.807, 2.05) is 0 Å². The third kappa shape index (κ3) is 2.51. The lowest BCUT2D eigenvalue weighted by Gasteiger charge is -2.34. The highest BCUT2D eigenvalue weighted by atomic mass is 16.5. The van der Waals surface area contributed by atoms with Gasteiger partial charge in [0.2, 0.25) is 0 Å². The summed E-state index contributed by atoms with van der Waals surface area (Å²) < 4.78 is 5.40. The minimum atomic E-state index is 0.730. The van der Waals surface area contributed by atoms with Gasteiger partial charge in [-0.1, -0.05) is 6.92 Å². The topological polar surface area (TPSA) is 12.5 Å². The van der Waals surface area contributed by atoms with Gasteiger partial charge in [-0.2, -0.15) is 0 Å². The average molecular weight is 259 g/mol. The van der Waals surface area contributed by atoms with Crippen molar-refractivity contribution in [3.63, 3.8) is 0 Å². The van der Waals surface area contributed by atoms with Gasteiger partial charge in [-0.3, -0.25) is 4.90 Å². The number of likely N-dealkylation sites (tertiary alicyclic amines) is 1. The van der Waals surface area contributed by atoms with E-state index in [-0.39, 0.29) is 0 Å². The number of rotatable bonds is 2. The second-order valence-corrected chi connectivity index (χ2v) is 6.36. The van der Waals surface area contributed by atoms with Gasteiger partial charge in [-0.05, 0) is 80.4 Å². The van der Waals surface area contributed by atoms with Crippen molar-refractivity contribution in [3.05, 3.63) is 28.8 Å². The van der Waals surface area contributed by atoms with Gasteiger partial charge in [-0.15, -0.1) is 0 Å². The molecule has 1 fully saturated rings. The molecule has 0 bridgehead atoms. The Balaban J connectivity index is 1.75. The molecule has 0 amide bonds. The highest BCUT2D eigenvalue weighted by Crippen LogP contribution is 2.33. The highest BCUT2D eigenvalue weighted by molar-refractivity contribution is 5.45. The molecular weight excluding hydrogens is 234 g/mol. The van der Waals surface area contributed by atoms with Crippen molar-refractivity contribution in [3.8, 4) is 5.75 Å². The van der Waals surface area contributed by atoms with E-state index in [0.29, 0.717) is 0 Å². The molecule has 104 valence electrons. The summed E-state index contributed by atoms with van der Waals surface area (Å²) in [4.78, 5) is 2.71. The fraction of sp³-hybridized carbons (Fsp3) is 0.647. The minimum absolute atomic E-state index is 0.730. The van der Waals surface area contributed by atoms with Gasteiger partial charge < -0.3 is 4.74 Å². The molecule has 1 atom stereocenters. The Labute approximate surface area is 116 Å². The minimum Gasteiger partial charge on any atom is -0.497 e. The molecule has 2 aliphatic rings. The van der Waals surface area contributed by atoms with Crippen LogP contribution in [0.1, 0.15) is 36.5 Å². The van der Waals surface area contributed by atoms with Crippen LogP contribution in [0.5, 0.6) is 5.75 Å². The number of nitrogens with zero attached hydrogens (tertiary/aromatic N) is 1. The van der Waals surface area contributed by atoms with Crippen molar-refractivity contribution in [2.24, 2.45) is 5.92 Å². The van der Waals surface area contributed by atoms with Crippen LogP contribution in [-0.2, 0) is 12.8 Å². The molecule has 1 heterocycles. The first-order valence-electron chi connectivity index (χ1n) is 7.58. The standard InChI is InChI=1S/C17H25NO/c1-12-4-6-18(7-5-12)15-9-14-10-16(19-3)8-13(2)17(14)11-15/h8,10,12,15H,4-7,9,11H2,1-3H3. The number of methoxy groups -OCH3 is 1. The third-order valence-corrected chi connectivity index (χ3v) is 5.00. The average Bonchev–Trinajstić information content (AvgIpc) is 2.84. The Hall–Kier alpha value is -1.02. The molecule has 0 aromatic heterocycles. The van der Waals surface area contributed by atoms with Crippen LogP contribution < -0.4 is 4.74 Å². The Bertz CT molecular complexity index is 461. The van der Waals surface area contributed by atoms with Gasteiger partial charge in [0, 0.05) is 6.04 Å². The summed E-state index contributed by atoms with van der Waals surface area (Å²) in [7, 11) is 1.76. The maximum absolute atomic E-state index is 5.40. The van der Waals surface area contributed by atoms with Gasteiger partial charge in [0.1, 0.15) is 5.75 Å². The second-order valence-electron chi connectivity index (χ2n) is 6.36. The first kappa shape index (κ1) is 13.0. The first-order chi connectivity index (χ1) is 9.17. The summed E-state index contributed by atoms with van der Waals surface area (Å²) in [5.41, 5.74) is 4.49. The molecular formula is C17H25NO. The molecule has 0 radical (unpaired) electrons. The Morgan fingerprint density at radius 3 is 2.58 bits per heavy atom. The molecule has 19 heavy (non-hydrogen) atoms. The van der Waals surface area contributed by atoms with Crippen LogP contribution in [-0.4, -0.2) is 31.1 Å². The molecule has 1 aromatic carbocycles.